The molecule has 0 fully saturated rings. The Morgan fingerprint density at radius 3 is 1.67 bits per heavy atom. The molecular weight excluding hydrogens is 937 g/mol. The number of amides is 8. The van der Waals surface area contributed by atoms with E-state index in [2.05, 4.69) is 37.2 Å². The third-order valence-electron chi connectivity index (χ3n) is 10.6. The maximum atomic E-state index is 14.6. The van der Waals surface area contributed by atoms with Crippen molar-refractivity contribution in [1.82, 2.24) is 42.1 Å². The molecule has 3 rings (SSSR count). The summed E-state index contributed by atoms with van der Waals surface area (Å²) in [7, 11) is 0. The molecule has 4 atom stereocenters. The summed E-state index contributed by atoms with van der Waals surface area (Å²) in [6.07, 6.45) is -4.24. The number of hydrogen-bond acceptors (Lipinski definition) is 13. The lowest BCUT2D eigenvalue weighted by atomic mass is 9.95. The van der Waals surface area contributed by atoms with Gasteiger partial charge in [0.1, 0.15) is 52.5 Å². The van der Waals surface area contributed by atoms with Crippen molar-refractivity contribution in [3.63, 3.8) is 0 Å². The number of aromatic hydroxyl groups is 2. The second-order valence-corrected chi connectivity index (χ2v) is 21.5. The molecule has 0 unspecified atom stereocenters. The number of nitrogens with one attached hydrogen (secondary N) is 7. The minimum absolute atomic E-state index is 0.0149. The highest BCUT2D eigenvalue weighted by molar-refractivity contribution is 5.95. The Balaban J connectivity index is 2.11. The van der Waals surface area contributed by atoms with E-state index in [0.717, 1.165) is 4.90 Å². The highest BCUT2D eigenvalue weighted by Gasteiger charge is 2.34. The van der Waals surface area contributed by atoms with Gasteiger partial charge in [-0.2, -0.15) is 0 Å². The van der Waals surface area contributed by atoms with Gasteiger partial charge >= 0.3 is 24.4 Å². The van der Waals surface area contributed by atoms with Crippen LogP contribution in [-0.4, -0.2) is 141 Å². The van der Waals surface area contributed by atoms with Crippen LogP contribution >= 0.6 is 0 Å². The van der Waals surface area contributed by atoms with E-state index < -0.39 is 94.5 Å². The molecule has 1 aliphatic heterocycles. The summed E-state index contributed by atoms with van der Waals surface area (Å²) < 4.78 is 16.1. The van der Waals surface area contributed by atoms with Gasteiger partial charge < -0.3 is 71.6 Å². The molecule has 400 valence electrons. The maximum Gasteiger partial charge on any atom is 0.408 e. The number of ether oxygens (including phenoxy) is 3. The Morgan fingerprint density at radius 1 is 0.667 bits per heavy atom. The Morgan fingerprint density at radius 2 is 1.17 bits per heavy atom. The van der Waals surface area contributed by atoms with Crippen molar-refractivity contribution in [2.24, 2.45) is 0 Å². The zero-order chi connectivity index (χ0) is 54.4. The lowest BCUT2D eigenvalue weighted by Gasteiger charge is -2.33. The second-order valence-electron chi connectivity index (χ2n) is 21.5. The highest BCUT2D eigenvalue weighted by Crippen LogP contribution is 2.31. The maximum absolute atomic E-state index is 14.6. The molecular formula is C50H76N8O14. The van der Waals surface area contributed by atoms with Crippen LogP contribution in [0.1, 0.15) is 120 Å². The van der Waals surface area contributed by atoms with Crippen molar-refractivity contribution in [2.75, 3.05) is 26.2 Å². The molecule has 22 heteroatoms. The van der Waals surface area contributed by atoms with Crippen molar-refractivity contribution in [3.05, 3.63) is 47.5 Å². The molecule has 8 amide bonds. The Kier molecular flexibility index (Phi) is 20.9. The van der Waals surface area contributed by atoms with Gasteiger partial charge in [-0.3, -0.25) is 19.2 Å². The number of carbonyl (C=O) groups is 8. The fourth-order valence-corrected chi connectivity index (χ4v) is 7.27. The number of phenols is 2. The lowest BCUT2D eigenvalue weighted by Crippen LogP contribution is -2.59. The number of phenolic OH excluding ortho intramolecular Hbond substituents is 2. The molecule has 0 radical (unpaired) electrons. The molecule has 0 saturated heterocycles. The van der Waals surface area contributed by atoms with Gasteiger partial charge in [0.2, 0.25) is 23.6 Å². The molecule has 1 aliphatic rings. The van der Waals surface area contributed by atoms with Crippen LogP contribution in [0.2, 0.25) is 0 Å². The first-order valence-electron chi connectivity index (χ1n) is 24.0. The molecule has 0 aromatic heterocycles. The fraction of sp³-hybridized carbons (Fsp3) is 0.600. The number of nitrogens with zero attached hydrogens (tertiary/aromatic N) is 1. The van der Waals surface area contributed by atoms with Crippen LogP contribution in [0.4, 0.5) is 19.2 Å². The van der Waals surface area contributed by atoms with E-state index in [9.17, 15) is 53.7 Å². The first-order chi connectivity index (χ1) is 33.2. The Hall–Kier alpha value is -7.00. The van der Waals surface area contributed by atoms with E-state index in [4.69, 9.17) is 14.2 Å². The van der Waals surface area contributed by atoms with Crippen LogP contribution < -0.4 is 37.2 Å². The number of carbonyl (C=O) groups excluding carboxylic acids is 7. The number of alkyl carbamates (subject to hydrolysis) is 3. The van der Waals surface area contributed by atoms with Gasteiger partial charge in [-0.25, -0.2) is 19.2 Å². The first kappa shape index (κ1) is 59.3. The molecule has 72 heavy (non-hydrogen) atoms. The van der Waals surface area contributed by atoms with E-state index in [0.29, 0.717) is 11.1 Å². The van der Waals surface area contributed by atoms with Gasteiger partial charge in [0.05, 0.1) is 0 Å². The zero-order valence-electron chi connectivity index (χ0n) is 43.6. The SMILES string of the molecule is CC(C)(C)OC(=O)NCCC[C@H](NC(=O)[C@@H]1Cc2cc(ccc2O)-c2ccc(O)c(c2)C[C@H](NC(=O)OC(C)(C)C)C(=O)N[C@@H](CCCNC(=O)OC(C)(C)C)C(=O)N1)C(=O)NCCN(C(=O)O)C(C)(C)C. The van der Waals surface area contributed by atoms with Crippen molar-refractivity contribution in [3.8, 4) is 22.6 Å². The molecule has 1 heterocycles. The Bertz CT molecular complexity index is 2260. The summed E-state index contributed by atoms with van der Waals surface area (Å²) in [6, 6.07) is 3.38. The van der Waals surface area contributed by atoms with Gasteiger partial charge in [0.25, 0.3) is 0 Å². The summed E-state index contributed by atoms with van der Waals surface area (Å²) >= 11 is 0. The van der Waals surface area contributed by atoms with Crippen LogP contribution in [0, 0.1) is 0 Å². The summed E-state index contributed by atoms with van der Waals surface area (Å²) in [5.74, 6) is -3.83. The largest absolute Gasteiger partial charge is 0.508 e. The lowest BCUT2D eigenvalue weighted by molar-refractivity contribution is -0.134. The molecule has 2 aromatic carbocycles. The quantitative estimate of drug-likeness (QED) is 0.0854. The predicted octanol–water partition coefficient (Wildman–Crippen LogP) is 4.72. The molecule has 10 N–H and O–H groups in total. The molecule has 0 aliphatic carbocycles. The number of benzene rings is 2. The van der Waals surface area contributed by atoms with E-state index in [1.807, 2.05) is 0 Å². The molecule has 2 aromatic rings. The van der Waals surface area contributed by atoms with Crippen molar-refractivity contribution >= 4 is 48.0 Å². The van der Waals surface area contributed by atoms with E-state index >= 15 is 0 Å². The Labute approximate surface area is 421 Å². The number of rotatable bonds is 15. The monoisotopic (exact) mass is 1010 g/mol. The number of hydrogen-bond donors (Lipinski definition) is 10. The first-order valence-corrected chi connectivity index (χ1v) is 24.0. The van der Waals surface area contributed by atoms with Crippen LogP contribution in [0.3, 0.4) is 0 Å². The zero-order valence-corrected chi connectivity index (χ0v) is 43.6. The second kappa shape index (κ2) is 25.4. The standard InChI is InChI=1S/C50H76N8O14/c1-47(2,3)58(46(68)69)24-23-51-39(61)33(15-13-21-52-43(65)70-48(4,5)6)54-41(63)35-27-31-25-29(17-19-37(31)59)30-18-20-38(60)32(26-30)28-36(57-45(67)72-50(10,11)12)42(64)55-34(40(62)56-35)16-14-22-53-44(66)71-49(7,8)9/h17-20,25-26,33-36,59-60H,13-16,21-24,27-28H2,1-12H3,(H,51,61)(H,52,65)(H,53,66)(H,54,63)(H,55,64)(H,56,62)(H,57,67)(H,68,69)/t33-,34-,35-,36-/m0/s1. The van der Waals surface area contributed by atoms with E-state index in [1.54, 1.807) is 107 Å². The van der Waals surface area contributed by atoms with Crippen LogP contribution in [-0.2, 0) is 46.2 Å². The van der Waals surface area contributed by atoms with Gasteiger partial charge in [-0.15, -0.1) is 0 Å². The fourth-order valence-electron chi connectivity index (χ4n) is 7.27. The molecule has 0 spiro atoms. The minimum Gasteiger partial charge on any atom is -0.508 e. The summed E-state index contributed by atoms with van der Waals surface area (Å²) in [5, 5.41) is 50.6. The van der Waals surface area contributed by atoms with Gasteiger partial charge in [-0.05, 0) is 155 Å². The molecule has 4 bridgehead atoms. The summed E-state index contributed by atoms with van der Waals surface area (Å²) in [4.78, 5) is 109. The minimum atomic E-state index is -1.55. The average molecular weight is 1010 g/mol. The third kappa shape index (κ3) is 20.8. The number of fused-ring (bicyclic) bond motifs is 5. The normalized spacial score (nSPS) is 17.0. The van der Waals surface area contributed by atoms with Crippen LogP contribution in [0.5, 0.6) is 11.5 Å². The smallest absolute Gasteiger partial charge is 0.408 e. The average Bonchev–Trinajstić information content (AvgIpc) is 3.22. The van der Waals surface area contributed by atoms with Crippen LogP contribution in [0.15, 0.2) is 36.4 Å². The van der Waals surface area contributed by atoms with E-state index in [1.165, 1.54) is 12.1 Å². The number of carboxylic acid groups (broad SMARTS) is 1. The van der Waals surface area contributed by atoms with Crippen LogP contribution in [0.25, 0.3) is 11.1 Å². The van der Waals surface area contributed by atoms with E-state index in [-0.39, 0.29) is 87.3 Å². The summed E-state index contributed by atoms with van der Waals surface area (Å²) in [5.41, 5.74) is -1.94. The third-order valence-corrected chi connectivity index (χ3v) is 10.6. The summed E-state index contributed by atoms with van der Waals surface area (Å²) in [6.45, 7) is 19.9. The van der Waals surface area contributed by atoms with Gasteiger partial charge in [0.15, 0.2) is 0 Å². The van der Waals surface area contributed by atoms with Gasteiger partial charge in [-0.1, -0.05) is 12.1 Å². The molecule has 22 nitrogen and oxygen atoms in total. The van der Waals surface area contributed by atoms with Crippen molar-refractivity contribution in [1.29, 1.82) is 0 Å². The highest BCUT2D eigenvalue weighted by atomic mass is 16.6. The molecule has 0 saturated carbocycles. The van der Waals surface area contributed by atoms with Gasteiger partial charge in [0, 0.05) is 44.6 Å². The van der Waals surface area contributed by atoms with Crippen molar-refractivity contribution < 1.29 is 67.9 Å². The predicted molar refractivity (Wildman–Crippen MR) is 266 cm³/mol. The topological polar surface area (TPSA) is 312 Å². The van der Waals surface area contributed by atoms with Crippen molar-refractivity contribution in [2.45, 2.75) is 168 Å².